The number of nitrogens with zero attached hydrogens (tertiary/aromatic N) is 2. The highest BCUT2D eigenvalue weighted by Gasteiger charge is 2.29. The van der Waals surface area contributed by atoms with E-state index in [1.165, 1.54) is 0 Å². The second kappa shape index (κ2) is 13.6. The van der Waals surface area contributed by atoms with E-state index in [0.717, 1.165) is 68.6 Å². The zero-order valence-corrected chi connectivity index (χ0v) is 23.8. The minimum absolute atomic E-state index is 0.00671. The number of carbonyl (C=O) groups is 2. The molecule has 1 unspecified atom stereocenters. The monoisotopic (exact) mass is 616 g/mol. The van der Waals surface area contributed by atoms with Crippen molar-refractivity contribution in [2.24, 2.45) is 0 Å². The quantitative estimate of drug-likeness (QED) is 0.153. The van der Waals surface area contributed by atoms with Crippen LogP contribution in [-0.2, 0) is 9.53 Å². The Kier molecular flexibility index (Phi) is 9.64. The van der Waals surface area contributed by atoms with Crippen LogP contribution in [0.25, 0.3) is 5.69 Å². The molecule has 0 spiro atoms. The summed E-state index contributed by atoms with van der Waals surface area (Å²) in [6, 6.07) is 5.51. The molecule has 3 aromatic rings. The smallest absolute Gasteiger partial charge is 0.324 e. The minimum Gasteiger partial charge on any atom is -0.493 e. The Labute approximate surface area is 250 Å². The third-order valence-corrected chi connectivity index (χ3v) is 7.78. The normalized spacial score (nSPS) is 17.5. The molecule has 2 heterocycles. The van der Waals surface area contributed by atoms with Crippen molar-refractivity contribution in [3.63, 3.8) is 0 Å². The molecule has 2 aliphatic rings. The number of hydrogen-bond donors (Lipinski definition) is 2. The lowest BCUT2D eigenvalue weighted by Gasteiger charge is -2.32. The molecule has 1 atom stereocenters. The zero-order chi connectivity index (χ0) is 31.4. The summed E-state index contributed by atoms with van der Waals surface area (Å²) in [5.74, 6) is -6.44. The molecule has 44 heavy (non-hydrogen) atoms. The SMILES string of the molecule is Nc1c(C(=O)c2ccc(F)cc2F)ccc(=O)n1-c1c(F)cc(OCCCN2CCNC(C(=O)OC3CCCC3)C2)cc1F. The standard InChI is InChI=1S/C31H32F4N4O5/c32-18-6-7-21(23(33)14-18)29(41)22-8-9-27(40)39(30(22)36)28-24(34)15-20(16-25(28)35)43-13-3-11-38-12-10-37-26(17-38)31(42)44-19-4-1-2-5-19/h6-9,14-16,19,26,37H,1-5,10-13,17,36H2. The van der Waals surface area contributed by atoms with Crippen LogP contribution in [0.1, 0.15) is 48.0 Å². The first kappa shape index (κ1) is 31.2. The van der Waals surface area contributed by atoms with Crippen LogP contribution >= 0.6 is 0 Å². The van der Waals surface area contributed by atoms with Gasteiger partial charge in [0.15, 0.2) is 17.4 Å². The molecule has 1 aromatic heterocycles. The highest BCUT2D eigenvalue weighted by atomic mass is 19.1. The number of nitrogens with two attached hydrogens (primary N) is 1. The summed E-state index contributed by atoms with van der Waals surface area (Å²) in [7, 11) is 0. The van der Waals surface area contributed by atoms with Crippen LogP contribution in [0.15, 0.2) is 47.3 Å². The van der Waals surface area contributed by atoms with E-state index in [1.807, 2.05) is 0 Å². The number of nitrogens with one attached hydrogen (secondary N) is 1. The second-order valence-electron chi connectivity index (χ2n) is 10.8. The Morgan fingerprint density at radius 3 is 2.36 bits per heavy atom. The van der Waals surface area contributed by atoms with E-state index in [2.05, 4.69) is 10.2 Å². The first-order valence-electron chi connectivity index (χ1n) is 14.4. The van der Waals surface area contributed by atoms with Gasteiger partial charge in [0, 0.05) is 50.4 Å². The topological polar surface area (TPSA) is 116 Å². The Hall–Kier alpha value is -4.23. The summed E-state index contributed by atoms with van der Waals surface area (Å²) in [5.41, 5.74) is 3.27. The number of nitrogen functional groups attached to an aromatic ring is 1. The van der Waals surface area contributed by atoms with Gasteiger partial charge in [-0.15, -0.1) is 0 Å². The Morgan fingerprint density at radius 2 is 1.66 bits per heavy atom. The number of carbonyl (C=O) groups excluding carboxylic acids is 2. The van der Waals surface area contributed by atoms with E-state index in [-0.39, 0.29) is 24.4 Å². The number of piperazine rings is 1. The van der Waals surface area contributed by atoms with Crippen molar-refractivity contribution in [3.05, 3.63) is 87.2 Å². The molecule has 13 heteroatoms. The Morgan fingerprint density at radius 1 is 0.955 bits per heavy atom. The average Bonchev–Trinajstić information content (AvgIpc) is 3.49. The molecule has 0 radical (unpaired) electrons. The fraction of sp³-hybridized carbons (Fsp3) is 0.387. The maximum atomic E-state index is 15.2. The molecule has 0 bridgehead atoms. The molecular weight excluding hydrogens is 584 g/mol. The van der Waals surface area contributed by atoms with Gasteiger partial charge < -0.3 is 20.5 Å². The van der Waals surface area contributed by atoms with Crippen LogP contribution in [0.5, 0.6) is 5.75 Å². The van der Waals surface area contributed by atoms with Crippen LogP contribution in [0.3, 0.4) is 0 Å². The molecule has 1 saturated carbocycles. The maximum Gasteiger partial charge on any atom is 0.324 e. The zero-order valence-electron chi connectivity index (χ0n) is 23.8. The van der Waals surface area contributed by atoms with Gasteiger partial charge in [-0.3, -0.25) is 23.9 Å². The van der Waals surface area contributed by atoms with Crippen molar-refractivity contribution in [2.45, 2.75) is 44.2 Å². The lowest BCUT2D eigenvalue weighted by Crippen LogP contribution is -2.55. The predicted molar refractivity (Wildman–Crippen MR) is 153 cm³/mol. The van der Waals surface area contributed by atoms with Gasteiger partial charge in [0.05, 0.1) is 17.7 Å². The summed E-state index contributed by atoms with van der Waals surface area (Å²) in [4.78, 5) is 40.1. The molecule has 1 aliphatic carbocycles. The highest BCUT2D eigenvalue weighted by molar-refractivity contribution is 6.11. The van der Waals surface area contributed by atoms with E-state index < -0.39 is 63.3 Å². The number of esters is 1. The summed E-state index contributed by atoms with van der Waals surface area (Å²) < 4.78 is 69.6. The fourth-order valence-electron chi connectivity index (χ4n) is 5.54. The first-order chi connectivity index (χ1) is 21.1. The van der Waals surface area contributed by atoms with Crippen molar-refractivity contribution >= 4 is 17.6 Å². The highest BCUT2D eigenvalue weighted by Crippen LogP contribution is 2.27. The molecule has 2 aromatic carbocycles. The molecule has 234 valence electrons. The third-order valence-electron chi connectivity index (χ3n) is 7.78. The molecular formula is C31H32F4N4O5. The van der Waals surface area contributed by atoms with E-state index in [4.69, 9.17) is 15.2 Å². The maximum absolute atomic E-state index is 15.2. The molecule has 3 N–H and O–H groups in total. The molecule has 2 fully saturated rings. The summed E-state index contributed by atoms with van der Waals surface area (Å²) >= 11 is 0. The number of aromatic nitrogens is 1. The lowest BCUT2D eigenvalue weighted by atomic mass is 10.0. The van der Waals surface area contributed by atoms with Crippen molar-refractivity contribution in [3.8, 4) is 11.4 Å². The van der Waals surface area contributed by atoms with E-state index in [9.17, 15) is 23.2 Å². The number of hydrogen-bond acceptors (Lipinski definition) is 8. The number of halogens is 4. The van der Waals surface area contributed by atoms with Gasteiger partial charge in [-0.1, -0.05) is 0 Å². The molecule has 0 amide bonds. The van der Waals surface area contributed by atoms with Gasteiger partial charge in [0.1, 0.15) is 41.0 Å². The second-order valence-corrected chi connectivity index (χ2v) is 10.8. The number of benzene rings is 2. The van der Waals surface area contributed by atoms with Gasteiger partial charge in [0.2, 0.25) is 0 Å². The summed E-state index contributed by atoms with van der Waals surface area (Å²) in [5, 5.41) is 3.19. The lowest BCUT2D eigenvalue weighted by molar-refractivity contribution is -0.152. The van der Waals surface area contributed by atoms with Crippen LogP contribution in [-0.4, -0.2) is 66.2 Å². The number of ether oxygens (including phenoxy) is 2. The fourth-order valence-corrected chi connectivity index (χ4v) is 5.54. The van der Waals surface area contributed by atoms with Crippen LogP contribution in [0, 0.1) is 23.3 Å². The van der Waals surface area contributed by atoms with Gasteiger partial charge in [-0.25, -0.2) is 17.6 Å². The molecule has 9 nitrogen and oxygen atoms in total. The minimum atomic E-state index is -1.18. The van der Waals surface area contributed by atoms with Gasteiger partial charge in [-0.05, 0) is 50.3 Å². The largest absolute Gasteiger partial charge is 0.493 e. The van der Waals surface area contributed by atoms with Gasteiger partial charge in [-0.2, -0.15) is 0 Å². The van der Waals surface area contributed by atoms with Crippen LogP contribution in [0.2, 0.25) is 0 Å². The molecule has 1 aliphatic heterocycles. The average molecular weight is 617 g/mol. The number of pyridine rings is 1. The van der Waals surface area contributed by atoms with Crippen LogP contribution < -0.4 is 21.3 Å². The summed E-state index contributed by atoms with van der Waals surface area (Å²) in [6.07, 6.45) is 4.44. The molecule has 5 rings (SSSR count). The number of anilines is 1. The van der Waals surface area contributed by atoms with Gasteiger partial charge in [0.25, 0.3) is 5.56 Å². The van der Waals surface area contributed by atoms with Crippen molar-refractivity contribution < 1.29 is 36.6 Å². The summed E-state index contributed by atoms with van der Waals surface area (Å²) in [6.45, 7) is 2.52. The van der Waals surface area contributed by atoms with Crippen molar-refractivity contribution in [2.75, 3.05) is 38.5 Å². The predicted octanol–water partition coefficient (Wildman–Crippen LogP) is 3.74. The first-order valence-corrected chi connectivity index (χ1v) is 14.4. The van der Waals surface area contributed by atoms with E-state index in [1.54, 1.807) is 0 Å². The van der Waals surface area contributed by atoms with Crippen LogP contribution in [0.4, 0.5) is 23.4 Å². The number of rotatable bonds is 10. The van der Waals surface area contributed by atoms with Gasteiger partial charge >= 0.3 is 5.97 Å². The third kappa shape index (κ3) is 6.94. The number of ketones is 1. The molecule has 1 saturated heterocycles. The Balaban J connectivity index is 1.22. The van der Waals surface area contributed by atoms with E-state index in [0.29, 0.717) is 36.7 Å². The van der Waals surface area contributed by atoms with Crippen molar-refractivity contribution in [1.82, 2.24) is 14.8 Å². The Bertz CT molecular complexity index is 1590. The van der Waals surface area contributed by atoms with Crippen molar-refractivity contribution in [1.29, 1.82) is 0 Å². The van der Waals surface area contributed by atoms with E-state index >= 15 is 8.78 Å².